The van der Waals surface area contributed by atoms with Crippen LogP contribution in [0.3, 0.4) is 0 Å². The van der Waals surface area contributed by atoms with Gasteiger partial charge < -0.3 is 24.2 Å². The Balaban J connectivity index is 1.10. The van der Waals surface area contributed by atoms with Gasteiger partial charge in [-0.2, -0.15) is 0 Å². The summed E-state index contributed by atoms with van der Waals surface area (Å²) in [6, 6.07) is 20.9. The van der Waals surface area contributed by atoms with Crippen molar-refractivity contribution in [3.05, 3.63) is 72.3 Å². The number of nitrogens with zero attached hydrogens (tertiary/aromatic N) is 1. The Hall–Kier alpha value is -3.67. The van der Waals surface area contributed by atoms with Crippen LogP contribution in [0.2, 0.25) is 0 Å². The van der Waals surface area contributed by atoms with E-state index in [2.05, 4.69) is 12.1 Å². The quantitative estimate of drug-likeness (QED) is 0.518. The van der Waals surface area contributed by atoms with Crippen LogP contribution in [0.1, 0.15) is 24.8 Å². The minimum Gasteiger partial charge on any atom is -0.507 e. The van der Waals surface area contributed by atoms with E-state index in [4.69, 9.17) is 14.2 Å². The van der Waals surface area contributed by atoms with E-state index in [0.29, 0.717) is 30.4 Å². The van der Waals surface area contributed by atoms with E-state index in [1.165, 1.54) is 5.56 Å². The molecule has 2 aliphatic heterocycles. The van der Waals surface area contributed by atoms with Crippen LogP contribution in [0.25, 0.3) is 11.1 Å². The number of amides is 1. The van der Waals surface area contributed by atoms with E-state index in [9.17, 15) is 9.90 Å². The summed E-state index contributed by atoms with van der Waals surface area (Å²) in [5.74, 6) is 3.07. The highest BCUT2D eigenvalue weighted by Crippen LogP contribution is 2.35. The Bertz CT molecular complexity index is 1170. The maximum atomic E-state index is 12.8. The third-order valence-corrected chi connectivity index (χ3v) is 6.85. The zero-order chi connectivity index (χ0) is 24.0. The second kappa shape index (κ2) is 10.7. The van der Waals surface area contributed by atoms with E-state index in [0.717, 1.165) is 55.8 Å². The van der Waals surface area contributed by atoms with Crippen molar-refractivity contribution < 1.29 is 24.1 Å². The van der Waals surface area contributed by atoms with Gasteiger partial charge in [-0.15, -0.1) is 0 Å². The fourth-order valence-electron chi connectivity index (χ4n) is 4.83. The molecule has 0 aromatic heterocycles. The molecule has 35 heavy (non-hydrogen) atoms. The first kappa shape index (κ1) is 23.1. The third-order valence-electron chi connectivity index (χ3n) is 6.85. The molecule has 0 atom stereocenters. The maximum Gasteiger partial charge on any atom is 0.260 e. The van der Waals surface area contributed by atoms with Crippen LogP contribution in [0, 0.1) is 5.92 Å². The molecule has 6 nitrogen and oxygen atoms in total. The van der Waals surface area contributed by atoms with Gasteiger partial charge in [0, 0.05) is 24.2 Å². The monoisotopic (exact) mass is 473 g/mol. The smallest absolute Gasteiger partial charge is 0.260 e. The number of para-hydroxylation sites is 2. The number of fused-ring (bicyclic) bond motifs is 1. The van der Waals surface area contributed by atoms with Crippen LogP contribution in [0.4, 0.5) is 0 Å². The minimum atomic E-state index is -0.00747. The first-order valence-electron chi connectivity index (χ1n) is 12.3. The SMILES string of the molecule is O=C(COc1ccccc1-c1ccccc1O)N1CCC(CCc2ccc3c(c2)OCCO3)CC1. The number of ether oxygens (including phenoxy) is 3. The highest BCUT2D eigenvalue weighted by atomic mass is 16.6. The molecule has 1 saturated heterocycles. The number of carbonyl (C=O) groups is 1. The molecule has 0 saturated carbocycles. The number of rotatable bonds is 7. The number of aromatic hydroxyl groups is 1. The normalized spacial score (nSPS) is 15.6. The topological polar surface area (TPSA) is 68.2 Å². The van der Waals surface area contributed by atoms with Gasteiger partial charge in [0.2, 0.25) is 0 Å². The van der Waals surface area contributed by atoms with Crippen molar-refractivity contribution in [2.75, 3.05) is 32.9 Å². The molecule has 0 radical (unpaired) electrons. The Morgan fingerprint density at radius 1 is 0.914 bits per heavy atom. The molecule has 2 heterocycles. The van der Waals surface area contributed by atoms with Crippen molar-refractivity contribution >= 4 is 5.91 Å². The molecule has 0 bridgehead atoms. The van der Waals surface area contributed by atoms with Crippen molar-refractivity contribution in [3.8, 4) is 34.1 Å². The van der Waals surface area contributed by atoms with E-state index in [1.54, 1.807) is 12.1 Å². The summed E-state index contributed by atoms with van der Waals surface area (Å²) < 4.78 is 17.2. The molecule has 0 aliphatic carbocycles. The molecule has 0 unspecified atom stereocenters. The number of phenols is 1. The maximum absolute atomic E-state index is 12.8. The molecule has 1 N–H and O–H groups in total. The Morgan fingerprint density at radius 2 is 1.63 bits per heavy atom. The second-order valence-electron chi connectivity index (χ2n) is 9.14. The number of phenolic OH excluding ortho intramolecular Hbond substituents is 1. The Labute approximate surface area is 206 Å². The molecule has 5 rings (SSSR count). The van der Waals surface area contributed by atoms with E-state index < -0.39 is 0 Å². The summed E-state index contributed by atoms with van der Waals surface area (Å²) in [4.78, 5) is 14.7. The van der Waals surface area contributed by atoms with Crippen LogP contribution in [0.15, 0.2) is 66.7 Å². The number of aryl methyl sites for hydroxylation is 1. The minimum absolute atomic E-state index is 0.00220. The van der Waals surface area contributed by atoms with E-state index in [1.807, 2.05) is 47.4 Å². The zero-order valence-electron chi connectivity index (χ0n) is 19.8. The summed E-state index contributed by atoms with van der Waals surface area (Å²) in [6.07, 6.45) is 4.11. The van der Waals surface area contributed by atoms with Gasteiger partial charge in [0.1, 0.15) is 24.7 Å². The number of hydrogen-bond acceptors (Lipinski definition) is 5. The fourth-order valence-corrected chi connectivity index (χ4v) is 4.83. The molecule has 3 aromatic rings. The largest absolute Gasteiger partial charge is 0.507 e. The Morgan fingerprint density at radius 3 is 2.43 bits per heavy atom. The van der Waals surface area contributed by atoms with Gasteiger partial charge in [-0.25, -0.2) is 0 Å². The highest BCUT2D eigenvalue weighted by molar-refractivity contribution is 5.79. The first-order valence-corrected chi connectivity index (χ1v) is 12.3. The van der Waals surface area contributed by atoms with E-state index in [-0.39, 0.29) is 18.3 Å². The number of piperidine rings is 1. The van der Waals surface area contributed by atoms with Crippen LogP contribution in [-0.4, -0.2) is 48.8 Å². The van der Waals surface area contributed by atoms with Crippen LogP contribution in [0.5, 0.6) is 23.0 Å². The van der Waals surface area contributed by atoms with Crippen LogP contribution < -0.4 is 14.2 Å². The molecule has 3 aromatic carbocycles. The van der Waals surface area contributed by atoms with Gasteiger partial charge in [-0.3, -0.25) is 4.79 Å². The van der Waals surface area contributed by atoms with Gasteiger partial charge in [-0.05, 0) is 61.4 Å². The second-order valence-corrected chi connectivity index (χ2v) is 9.14. The lowest BCUT2D eigenvalue weighted by atomic mass is 9.90. The average molecular weight is 474 g/mol. The molecular formula is C29H31NO5. The number of hydrogen-bond donors (Lipinski definition) is 1. The number of benzene rings is 3. The van der Waals surface area contributed by atoms with Crippen molar-refractivity contribution in [1.29, 1.82) is 0 Å². The van der Waals surface area contributed by atoms with Crippen molar-refractivity contribution in [1.82, 2.24) is 4.90 Å². The number of likely N-dealkylation sites (tertiary alicyclic amines) is 1. The van der Waals surface area contributed by atoms with Crippen LogP contribution in [-0.2, 0) is 11.2 Å². The van der Waals surface area contributed by atoms with Gasteiger partial charge in [-0.1, -0.05) is 42.5 Å². The lowest BCUT2D eigenvalue weighted by Crippen LogP contribution is -2.41. The van der Waals surface area contributed by atoms with Gasteiger partial charge >= 0.3 is 0 Å². The molecule has 6 heteroatoms. The van der Waals surface area contributed by atoms with Gasteiger partial charge in [0.25, 0.3) is 5.91 Å². The summed E-state index contributed by atoms with van der Waals surface area (Å²) in [5, 5.41) is 10.2. The summed E-state index contributed by atoms with van der Waals surface area (Å²) in [7, 11) is 0. The third kappa shape index (κ3) is 5.53. The zero-order valence-corrected chi connectivity index (χ0v) is 19.8. The molecule has 1 amide bonds. The molecule has 1 fully saturated rings. The predicted molar refractivity (Wildman–Crippen MR) is 134 cm³/mol. The molecule has 0 spiro atoms. The average Bonchev–Trinajstić information content (AvgIpc) is 2.91. The summed E-state index contributed by atoms with van der Waals surface area (Å²) in [5.41, 5.74) is 2.73. The van der Waals surface area contributed by atoms with E-state index >= 15 is 0 Å². The van der Waals surface area contributed by atoms with Crippen molar-refractivity contribution in [2.24, 2.45) is 5.92 Å². The summed E-state index contributed by atoms with van der Waals surface area (Å²) >= 11 is 0. The lowest BCUT2D eigenvalue weighted by Gasteiger charge is -2.32. The summed E-state index contributed by atoms with van der Waals surface area (Å²) in [6.45, 7) is 2.72. The lowest BCUT2D eigenvalue weighted by molar-refractivity contribution is -0.134. The fraction of sp³-hybridized carbons (Fsp3) is 0.345. The highest BCUT2D eigenvalue weighted by Gasteiger charge is 2.23. The molecule has 2 aliphatic rings. The predicted octanol–water partition coefficient (Wildman–Crippen LogP) is 5.08. The molecule has 182 valence electrons. The van der Waals surface area contributed by atoms with Crippen molar-refractivity contribution in [3.63, 3.8) is 0 Å². The van der Waals surface area contributed by atoms with Crippen molar-refractivity contribution in [2.45, 2.75) is 25.7 Å². The number of carbonyl (C=O) groups excluding carboxylic acids is 1. The first-order chi connectivity index (χ1) is 17.2. The van der Waals surface area contributed by atoms with Gasteiger partial charge in [0.05, 0.1) is 0 Å². The van der Waals surface area contributed by atoms with Crippen LogP contribution >= 0.6 is 0 Å². The Kier molecular flexibility index (Phi) is 7.07. The van der Waals surface area contributed by atoms with Gasteiger partial charge in [0.15, 0.2) is 18.1 Å². The molecular weight excluding hydrogens is 442 g/mol. The standard InChI is InChI=1S/C29H31NO5/c31-25-7-3-1-5-23(25)24-6-2-4-8-26(24)35-20-29(32)30-15-13-21(14-16-30)9-10-22-11-12-27-28(19-22)34-18-17-33-27/h1-8,11-12,19,21,31H,9-10,13-18,20H2.